The van der Waals surface area contributed by atoms with Crippen LogP contribution in [0.5, 0.6) is 0 Å². The first-order valence-corrected chi connectivity index (χ1v) is 4.99. The van der Waals surface area contributed by atoms with Crippen LogP contribution in [0.4, 0.5) is 0 Å². The van der Waals surface area contributed by atoms with E-state index < -0.39 is 0 Å². The van der Waals surface area contributed by atoms with Crippen LogP contribution in [0.15, 0.2) is 30.5 Å². The third-order valence-corrected chi connectivity index (χ3v) is 2.60. The predicted molar refractivity (Wildman–Crippen MR) is 60.6 cm³/mol. The maximum Gasteiger partial charge on any atom is 0.168 e. The summed E-state index contributed by atoms with van der Waals surface area (Å²) < 4.78 is 1.66. The van der Waals surface area contributed by atoms with Crippen LogP contribution in [-0.2, 0) is 0 Å². The van der Waals surface area contributed by atoms with E-state index in [1.165, 1.54) is 0 Å². The van der Waals surface area contributed by atoms with Crippen LogP contribution >= 0.6 is 0 Å². The van der Waals surface area contributed by atoms with Crippen molar-refractivity contribution in [1.29, 1.82) is 0 Å². The molecule has 0 aliphatic heterocycles. The van der Waals surface area contributed by atoms with Crippen molar-refractivity contribution in [2.75, 3.05) is 0 Å². The number of fused-ring (bicyclic) bond motifs is 3. The number of aldehydes is 1. The van der Waals surface area contributed by atoms with Crippen LogP contribution < -0.4 is 0 Å². The molecule has 0 aliphatic rings. The molecule has 0 fully saturated rings. The van der Waals surface area contributed by atoms with Crippen molar-refractivity contribution in [3.8, 4) is 0 Å². The molecule has 3 heterocycles. The molecule has 16 heavy (non-hydrogen) atoms. The standard InChI is InChI=1S/C12H9N3O/c1-8-5-12-10-3-2-4-13-11(10)6-9(7-16)15(12)14-8/h2-7H,1H3. The highest BCUT2D eigenvalue weighted by Gasteiger charge is 2.08. The van der Waals surface area contributed by atoms with Gasteiger partial charge in [0, 0.05) is 11.6 Å². The van der Waals surface area contributed by atoms with Gasteiger partial charge in [-0.15, -0.1) is 0 Å². The molecule has 0 spiro atoms. The molecule has 3 aromatic rings. The first-order valence-electron chi connectivity index (χ1n) is 4.99. The zero-order valence-electron chi connectivity index (χ0n) is 8.71. The largest absolute Gasteiger partial charge is 0.296 e. The SMILES string of the molecule is Cc1cc2c3cccnc3cc(C=O)n2n1. The Hall–Kier alpha value is -2.23. The van der Waals surface area contributed by atoms with E-state index >= 15 is 0 Å². The maximum atomic E-state index is 11.0. The number of hydrogen-bond acceptors (Lipinski definition) is 3. The van der Waals surface area contributed by atoms with E-state index in [9.17, 15) is 4.79 Å². The molecule has 0 radical (unpaired) electrons. The molecule has 0 bridgehead atoms. The normalized spacial score (nSPS) is 11.1. The van der Waals surface area contributed by atoms with Crippen molar-refractivity contribution in [3.63, 3.8) is 0 Å². The van der Waals surface area contributed by atoms with E-state index in [0.717, 1.165) is 28.4 Å². The minimum absolute atomic E-state index is 0.523. The van der Waals surface area contributed by atoms with Gasteiger partial charge in [-0.05, 0) is 31.2 Å². The molecule has 78 valence electrons. The van der Waals surface area contributed by atoms with E-state index in [2.05, 4.69) is 10.1 Å². The van der Waals surface area contributed by atoms with E-state index in [0.29, 0.717) is 5.69 Å². The second-order valence-electron chi connectivity index (χ2n) is 3.71. The lowest BCUT2D eigenvalue weighted by Gasteiger charge is -2.02. The molecule has 0 saturated carbocycles. The summed E-state index contributed by atoms with van der Waals surface area (Å²) in [6, 6.07) is 7.57. The maximum absolute atomic E-state index is 11.0. The molecule has 0 amide bonds. The lowest BCUT2D eigenvalue weighted by molar-refractivity contribution is 0.111. The summed E-state index contributed by atoms with van der Waals surface area (Å²) in [5.41, 5.74) is 3.15. The Labute approximate surface area is 91.5 Å². The molecule has 0 N–H and O–H groups in total. The van der Waals surface area contributed by atoms with Crippen LogP contribution in [0.25, 0.3) is 16.4 Å². The molecule has 4 heteroatoms. The summed E-state index contributed by atoms with van der Waals surface area (Å²) in [6.45, 7) is 1.91. The number of aryl methyl sites for hydroxylation is 1. The van der Waals surface area contributed by atoms with Gasteiger partial charge in [0.25, 0.3) is 0 Å². The number of carbonyl (C=O) groups excluding carboxylic acids is 1. The number of pyridine rings is 2. The first-order chi connectivity index (χ1) is 7.79. The van der Waals surface area contributed by atoms with Gasteiger partial charge < -0.3 is 0 Å². The fraction of sp³-hybridized carbons (Fsp3) is 0.0833. The van der Waals surface area contributed by atoms with Crippen LogP contribution in [0.2, 0.25) is 0 Å². The molecular weight excluding hydrogens is 202 g/mol. The van der Waals surface area contributed by atoms with E-state index in [-0.39, 0.29) is 0 Å². The Kier molecular flexibility index (Phi) is 1.77. The van der Waals surface area contributed by atoms with E-state index in [1.807, 2.05) is 25.1 Å². The summed E-state index contributed by atoms with van der Waals surface area (Å²) in [7, 11) is 0. The summed E-state index contributed by atoms with van der Waals surface area (Å²) in [6.07, 6.45) is 2.52. The van der Waals surface area contributed by atoms with Gasteiger partial charge in [0.05, 0.1) is 16.7 Å². The Balaban J connectivity index is 2.61. The van der Waals surface area contributed by atoms with Crippen LogP contribution in [0.3, 0.4) is 0 Å². The van der Waals surface area contributed by atoms with Crippen LogP contribution in [0.1, 0.15) is 16.2 Å². The molecule has 3 rings (SSSR count). The molecule has 0 atom stereocenters. The number of hydrogen-bond donors (Lipinski definition) is 0. The van der Waals surface area contributed by atoms with Crippen LogP contribution in [0, 0.1) is 6.92 Å². The average molecular weight is 211 g/mol. The lowest BCUT2D eigenvalue weighted by atomic mass is 10.2. The summed E-state index contributed by atoms with van der Waals surface area (Å²) in [5, 5.41) is 5.30. The van der Waals surface area contributed by atoms with Gasteiger partial charge in [0.1, 0.15) is 5.69 Å². The Morgan fingerprint density at radius 2 is 2.25 bits per heavy atom. The van der Waals surface area contributed by atoms with Crippen molar-refractivity contribution < 1.29 is 4.79 Å². The quantitative estimate of drug-likeness (QED) is 0.578. The Morgan fingerprint density at radius 3 is 3.06 bits per heavy atom. The van der Waals surface area contributed by atoms with Gasteiger partial charge in [-0.25, -0.2) is 4.52 Å². The molecule has 4 nitrogen and oxygen atoms in total. The average Bonchev–Trinajstić information content (AvgIpc) is 2.69. The van der Waals surface area contributed by atoms with Gasteiger partial charge >= 0.3 is 0 Å². The monoisotopic (exact) mass is 211 g/mol. The van der Waals surface area contributed by atoms with Gasteiger partial charge in [-0.1, -0.05) is 0 Å². The highest BCUT2D eigenvalue weighted by Crippen LogP contribution is 2.20. The number of rotatable bonds is 1. The fourth-order valence-corrected chi connectivity index (χ4v) is 1.92. The smallest absolute Gasteiger partial charge is 0.168 e. The van der Waals surface area contributed by atoms with Crippen molar-refractivity contribution in [2.24, 2.45) is 0 Å². The Morgan fingerprint density at radius 1 is 1.38 bits per heavy atom. The van der Waals surface area contributed by atoms with Crippen molar-refractivity contribution in [1.82, 2.24) is 14.6 Å². The number of nitrogens with zero attached hydrogens (tertiary/aromatic N) is 3. The number of aromatic nitrogens is 3. The van der Waals surface area contributed by atoms with Gasteiger partial charge in [0.2, 0.25) is 0 Å². The van der Waals surface area contributed by atoms with E-state index in [4.69, 9.17) is 0 Å². The second kappa shape index (κ2) is 3.13. The van der Waals surface area contributed by atoms with Gasteiger partial charge in [-0.2, -0.15) is 5.10 Å². The second-order valence-corrected chi connectivity index (χ2v) is 3.71. The van der Waals surface area contributed by atoms with E-state index in [1.54, 1.807) is 16.8 Å². The third-order valence-electron chi connectivity index (χ3n) is 2.60. The summed E-state index contributed by atoms with van der Waals surface area (Å²) in [4.78, 5) is 15.2. The molecule has 0 saturated heterocycles. The van der Waals surface area contributed by atoms with Gasteiger partial charge in [-0.3, -0.25) is 9.78 Å². The summed E-state index contributed by atoms with van der Waals surface area (Å²) in [5.74, 6) is 0. The minimum atomic E-state index is 0.523. The summed E-state index contributed by atoms with van der Waals surface area (Å²) >= 11 is 0. The predicted octanol–water partition coefficient (Wildman–Crippen LogP) is 2.00. The molecule has 0 aliphatic carbocycles. The highest BCUT2D eigenvalue weighted by molar-refractivity contribution is 5.96. The van der Waals surface area contributed by atoms with Crippen LogP contribution in [-0.4, -0.2) is 20.9 Å². The lowest BCUT2D eigenvalue weighted by Crippen LogP contribution is -1.98. The molecule has 0 unspecified atom stereocenters. The van der Waals surface area contributed by atoms with Crippen molar-refractivity contribution in [2.45, 2.75) is 6.92 Å². The number of carbonyl (C=O) groups is 1. The van der Waals surface area contributed by atoms with Crippen molar-refractivity contribution >= 4 is 22.7 Å². The topological polar surface area (TPSA) is 47.3 Å². The Bertz CT molecular complexity index is 700. The molecule has 3 aromatic heterocycles. The van der Waals surface area contributed by atoms with Crippen molar-refractivity contribution in [3.05, 3.63) is 41.9 Å². The molecular formula is C12H9N3O. The van der Waals surface area contributed by atoms with Gasteiger partial charge in [0.15, 0.2) is 6.29 Å². The molecule has 0 aromatic carbocycles. The fourth-order valence-electron chi connectivity index (χ4n) is 1.92. The third kappa shape index (κ3) is 1.13. The zero-order valence-corrected chi connectivity index (χ0v) is 8.71. The highest BCUT2D eigenvalue weighted by atomic mass is 16.1. The first kappa shape index (κ1) is 9.03. The minimum Gasteiger partial charge on any atom is -0.296 e. The zero-order chi connectivity index (χ0) is 11.1.